The number of pyridine rings is 1. The second-order valence-electron chi connectivity index (χ2n) is 3.28. The fourth-order valence-electron chi connectivity index (χ4n) is 1.28. The average Bonchev–Trinajstić information content (AvgIpc) is 2.29. The number of rotatable bonds is 2. The largest absolute Gasteiger partial charge is 0.243 e. The lowest BCUT2D eigenvalue weighted by atomic mass is 10.4. The number of benzene rings is 1. The number of nitrogens with zero attached hydrogens (tertiary/aromatic N) is 1. The first-order valence-corrected chi connectivity index (χ1v) is 7.28. The van der Waals surface area contributed by atoms with E-state index < -0.39 is 9.84 Å². The quantitative estimate of drug-likeness (QED) is 0.847. The van der Waals surface area contributed by atoms with Crippen LogP contribution in [0.25, 0.3) is 0 Å². The Labute approximate surface area is 113 Å². The Morgan fingerprint density at radius 1 is 1.18 bits per heavy atom. The van der Waals surface area contributed by atoms with E-state index in [0.29, 0.717) is 5.02 Å². The molecule has 0 saturated carbocycles. The molecule has 2 aromatic rings. The summed E-state index contributed by atoms with van der Waals surface area (Å²) in [6.45, 7) is 0. The van der Waals surface area contributed by atoms with E-state index in [1.165, 1.54) is 24.4 Å². The molecule has 6 heteroatoms. The van der Waals surface area contributed by atoms with Crippen LogP contribution in [0.15, 0.2) is 57.0 Å². The molecule has 0 aliphatic rings. The Morgan fingerprint density at radius 3 is 2.53 bits per heavy atom. The number of aromatic nitrogens is 1. The van der Waals surface area contributed by atoms with Gasteiger partial charge in [-0.3, -0.25) is 0 Å². The first-order valence-electron chi connectivity index (χ1n) is 4.62. The molecule has 1 aromatic heterocycles. The minimum Gasteiger partial charge on any atom is -0.243 e. The second kappa shape index (κ2) is 4.76. The first-order chi connectivity index (χ1) is 8.00. The van der Waals surface area contributed by atoms with Gasteiger partial charge in [0.1, 0.15) is 0 Å². The van der Waals surface area contributed by atoms with Crippen molar-refractivity contribution in [2.24, 2.45) is 0 Å². The molecular weight excluding hydrogens is 326 g/mol. The normalized spacial score (nSPS) is 11.4. The van der Waals surface area contributed by atoms with Gasteiger partial charge in [-0.25, -0.2) is 13.4 Å². The molecule has 0 N–H and O–H groups in total. The van der Waals surface area contributed by atoms with Crippen LogP contribution in [-0.4, -0.2) is 13.4 Å². The average molecular weight is 333 g/mol. The van der Waals surface area contributed by atoms with E-state index in [2.05, 4.69) is 20.9 Å². The Kier molecular flexibility index (Phi) is 3.51. The zero-order valence-electron chi connectivity index (χ0n) is 8.47. The van der Waals surface area contributed by atoms with E-state index in [9.17, 15) is 8.42 Å². The highest BCUT2D eigenvalue weighted by Gasteiger charge is 2.18. The molecule has 0 radical (unpaired) electrons. The van der Waals surface area contributed by atoms with Crippen molar-refractivity contribution in [1.82, 2.24) is 4.98 Å². The summed E-state index contributed by atoms with van der Waals surface area (Å²) in [5.41, 5.74) is 0. The summed E-state index contributed by atoms with van der Waals surface area (Å²) < 4.78 is 25.0. The molecule has 0 atom stereocenters. The Balaban J connectivity index is 2.54. The molecule has 1 aromatic carbocycles. The van der Waals surface area contributed by atoms with Gasteiger partial charge in [0, 0.05) is 15.7 Å². The smallest absolute Gasteiger partial charge is 0.223 e. The van der Waals surface area contributed by atoms with Gasteiger partial charge in [0.25, 0.3) is 0 Å². The fourth-order valence-corrected chi connectivity index (χ4v) is 2.99. The number of sulfone groups is 1. The summed E-state index contributed by atoms with van der Waals surface area (Å²) in [6, 6.07) is 9.18. The SMILES string of the molecule is O=S(=O)(c1cccc(Cl)c1)c1ccc(Br)cn1. The molecule has 3 nitrogen and oxygen atoms in total. The highest BCUT2D eigenvalue weighted by atomic mass is 79.9. The second-order valence-corrected chi connectivity index (χ2v) is 6.52. The number of hydrogen-bond acceptors (Lipinski definition) is 3. The molecule has 88 valence electrons. The maximum Gasteiger partial charge on any atom is 0.223 e. The monoisotopic (exact) mass is 331 g/mol. The third kappa shape index (κ3) is 2.68. The van der Waals surface area contributed by atoms with Gasteiger partial charge in [0.2, 0.25) is 9.84 Å². The fraction of sp³-hybridized carbons (Fsp3) is 0. The predicted molar refractivity (Wildman–Crippen MR) is 68.8 cm³/mol. The van der Waals surface area contributed by atoms with Gasteiger partial charge in [0.05, 0.1) is 4.90 Å². The lowest BCUT2D eigenvalue weighted by Crippen LogP contribution is -2.03. The molecule has 1 heterocycles. The van der Waals surface area contributed by atoms with E-state index >= 15 is 0 Å². The molecule has 0 bridgehead atoms. The van der Waals surface area contributed by atoms with Gasteiger partial charge in [-0.1, -0.05) is 17.7 Å². The van der Waals surface area contributed by atoms with Crippen molar-refractivity contribution in [1.29, 1.82) is 0 Å². The van der Waals surface area contributed by atoms with E-state index in [0.717, 1.165) is 4.47 Å². The van der Waals surface area contributed by atoms with Crippen molar-refractivity contribution in [3.63, 3.8) is 0 Å². The van der Waals surface area contributed by atoms with Crippen molar-refractivity contribution in [2.45, 2.75) is 9.92 Å². The van der Waals surface area contributed by atoms with Crippen LogP contribution in [0.4, 0.5) is 0 Å². The summed E-state index contributed by atoms with van der Waals surface area (Å²) in [5.74, 6) is 0. The minimum absolute atomic E-state index is 0.00275. The Morgan fingerprint density at radius 2 is 1.94 bits per heavy atom. The van der Waals surface area contributed by atoms with Gasteiger partial charge in [-0.05, 0) is 46.3 Å². The van der Waals surface area contributed by atoms with Crippen molar-refractivity contribution < 1.29 is 8.42 Å². The van der Waals surface area contributed by atoms with Gasteiger partial charge in [0.15, 0.2) is 5.03 Å². The van der Waals surface area contributed by atoms with Crippen molar-refractivity contribution in [2.75, 3.05) is 0 Å². The molecule has 0 spiro atoms. The zero-order valence-corrected chi connectivity index (χ0v) is 11.6. The van der Waals surface area contributed by atoms with Crippen molar-refractivity contribution >= 4 is 37.4 Å². The van der Waals surface area contributed by atoms with Crippen molar-refractivity contribution in [3.8, 4) is 0 Å². The lowest BCUT2D eigenvalue weighted by molar-refractivity contribution is 0.592. The molecule has 2 rings (SSSR count). The van der Waals surface area contributed by atoms with Gasteiger partial charge >= 0.3 is 0 Å². The summed E-state index contributed by atoms with van der Waals surface area (Å²) in [7, 11) is -3.59. The van der Waals surface area contributed by atoms with Crippen LogP contribution < -0.4 is 0 Å². The van der Waals surface area contributed by atoms with E-state index in [1.54, 1.807) is 18.2 Å². The topological polar surface area (TPSA) is 47.0 Å². The standard InChI is InChI=1S/C11H7BrClNO2S/c12-8-4-5-11(14-7-8)17(15,16)10-3-1-2-9(13)6-10/h1-7H. The summed E-state index contributed by atoms with van der Waals surface area (Å²) in [4.78, 5) is 4.02. The van der Waals surface area contributed by atoms with Crippen LogP contribution in [0.5, 0.6) is 0 Å². The maximum absolute atomic E-state index is 12.2. The van der Waals surface area contributed by atoms with Gasteiger partial charge in [-0.2, -0.15) is 0 Å². The summed E-state index contributed by atoms with van der Waals surface area (Å²) in [5, 5.41) is 0.381. The van der Waals surface area contributed by atoms with E-state index in [-0.39, 0.29) is 9.92 Å². The van der Waals surface area contributed by atoms with E-state index in [4.69, 9.17) is 11.6 Å². The van der Waals surface area contributed by atoms with Gasteiger partial charge in [-0.15, -0.1) is 0 Å². The molecular formula is C11H7BrClNO2S. The van der Waals surface area contributed by atoms with Gasteiger partial charge < -0.3 is 0 Å². The zero-order chi connectivity index (χ0) is 12.5. The molecule has 17 heavy (non-hydrogen) atoms. The van der Waals surface area contributed by atoms with Crippen molar-refractivity contribution in [3.05, 3.63) is 52.1 Å². The maximum atomic E-state index is 12.2. The predicted octanol–water partition coefficient (Wildman–Crippen LogP) is 3.33. The van der Waals surface area contributed by atoms with Crippen LogP contribution >= 0.6 is 27.5 Å². The first kappa shape index (κ1) is 12.5. The number of halogens is 2. The van der Waals surface area contributed by atoms with E-state index in [1.807, 2.05) is 0 Å². The highest BCUT2D eigenvalue weighted by Crippen LogP contribution is 2.22. The lowest BCUT2D eigenvalue weighted by Gasteiger charge is -2.03. The van der Waals surface area contributed by atoms with Crippen LogP contribution in [0.1, 0.15) is 0 Å². The number of hydrogen-bond donors (Lipinski definition) is 0. The van der Waals surface area contributed by atoms with Crippen LogP contribution in [0.2, 0.25) is 5.02 Å². The van der Waals surface area contributed by atoms with Crippen LogP contribution in [0.3, 0.4) is 0 Å². The summed E-state index contributed by atoms with van der Waals surface area (Å²) in [6.07, 6.45) is 1.44. The molecule has 0 aliphatic carbocycles. The Hall–Kier alpha value is -0.910. The molecule has 0 amide bonds. The molecule has 0 saturated heterocycles. The van der Waals surface area contributed by atoms with Crippen LogP contribution in [0, 0.1) is 0 Å². The Bertz CT molecular complexity index is 641. The molecule has 0 fully saturated rings. The third-order valence-electron chi connectivity index (χ3n) is 2.08. The minimum atomic E-state index is -3.59. The molecule has 0 unspecified atom stereocenters. The molecule has 0 aliphatic heterocycles. The highest BCUT2D eigenvalue weighted by molar-refractivity contribution is 9.10. The summed E-state index contributed by atoms with van der Waals surface area (Å²) >= 11 is 8.97. The van der Waals surface area contributed by atoms with Crippen LogP contribution in [-0.2, 0) is 9.84 Å². The third-order valence-corrected chi connectivity index (χ3v) is 4.45.